The van der Waals surface area contributed by atoms with Crippen LogP contribution in [-0.4, -0.2) is 43.4 Å². The first-order chi connectivity index (χ1) is 10.3. The zero-order valence-electron chi connectivity index (χ0n) is 12.8. The maximum Gasteiger partial charge on any atom is 0.118 e. The number of rotatable bonds is 6. The Morgan fingerprint density at radius 3 is 3.10 bits per heavy atom. The van der Waals surface area contributed by atoms with Crippen LogP contribution in [0.2, 0.25) is 0 Å². The molecule has 4 nitrogen and oxygen atoms in total. The Kier molecular flexibility index (Phi) is 4.78. The number of nitrogens with zero attached hydrogens (tertiary/aromatic N) is 1. The Balaban J connectivity index is 1.59. The summed E-state index contributed by atoms with van der Waals surface area (Å²) in [6.45, 7) is 9.77. The summed E-state index contributed by atoms with van der Waals surface area (Å²) in [5, 5.41) is 0. The van der Waals surface area contributed by atoms with E-state index in [0.717, 1.165) is 37.8 Å². The number of aryl methyl sites for hydroxylation is 1. The second kappa shape index (κ2) is 6.77. The van der Waals surface area contributed by atoms with Gasteiger partial charge in [0.2, 0.25) is 0 Å². The standard InChI is InChI=1S/C17H25NO3/c1-3-9-19-12-14-5-7-16-17(14)20-10-8-18(16)11-15-6-4-13(2)21-15/h3-4,6,14,16-17H,1,5,7-12H2,2H3. The summed E-state index contributed by atoms with van der Waals surface area (Å²) in [4.78, 5) is 2.51. The molecular formula is C17H25NO3. The number of ether oxygens (including phenoxy) is 2. The molecule has 0 spiro atoms. The lowest BCUT2D eigenvalue weighted by Crippen LogP contribution is -2.50. The van der Waals surface area contributed by atoms with Crippen LogP contribution in [0.4, 0.5) is 0 Å². The lowest BCUT2D eigenvalue weighted by atomic mass is 10.0. The summed E-state index contributed by atoms with van der Waals surface area (Å²) in [7, 11) is 0. The topological polar surface area (TPSA) is 34.8 Å². The van der Waals surface area contributed by atoms with Gasteiger partial charge in [-0.1, -0.05) is 6.08 Å². The fraction of sp³-hybridized carbons (Fsp3) is 0.647. The summed E-state index contributed by atoms with van der Waals surface area (Å²) in [6.07, 6.45) is 4.48. The third-order valence-electron chi connectivity index (χ3n) is 4.56. The Bertz CT molecular complexity index is 470. The minimum absolute atomic E-state index is 0.305. The van der Waals surface area contributed by atoms with Gasteiger partial charge in [-0.15, -0.1) is 6.58 Å². The average Bonchev–Trinajstić information content (AvgIpc) is 3.07. The molecule has 1 aliphatic carbocycles. The number of hydrogen-bond donors (Lipinski definition) is 0. The van der Waals surface area contributed by atoms with Crippen molar-refractivity contribution in [3.8, 4) is 0 Å². The van der Waals surface area contributed by atoms with E-state index in [9.17, 15) is 0 Å². The minimum Gasteiger partial charge on any atom is -0.465 e. The van der Waals surface area contributed by atoms with E-state index in [2.05, 4.69) is 17.5 Å². The molecule has 3 rings (SSSR count). The second-order valence-electron chi connectivity index (χ2n) is 6.05. The van der Waals surface area contributed by atoms with Crippen LogP contribution < -0.4 is 0 Å². The van der Waals surface area contributed by atoms with E-state index in [4.69, 9.17) is 13.9 Å². The SMILES string of the molecule is C=CCOCC1CCC2C1OCCN2Cc1ccc(C)o1. The Morgan fingerprint density at radius 2 is 2.33 bits per heavy atom. The summed E-state index contributed by atoms with van der Waals surface area (Å²) < 4.78 is 17.4. The summed E-state index contributed by atoms with van der Waals surface area (Å²) in [6, 6.07) is 4.62. The van der Waals surface area contributed by atoms with Gasteiger partial charge in [0.05, 0.1) is 32.5 Å². The van der Waals surface area contributed by atoms with Crippen molar-refractivity contribution in [3.05, 3.63) is 36.3 Å². The summed E-state index contributed by atoms with van der Waals surface area (Å²) >= 11 is 0. The van der Waals surface area contributed by atoms with Gasteiger partial charge in [-0.05, 0) is 31.9 Å². The van der Waals surface area contributed by atoms with Gasteiger partial charge in [-0.3, -0.25) is 4.90 Å². The van der Waals surface area contributed by atoms with E-state index >= 15 is 0 Å². The monoisotopic (exact) mass is 291 g/mol. The predicted molar refractivity (Wildman–Crippen MR) is 81.1 cm³/mol. The summed E-state index contributed by atoms with van der Waals surface area (Å²) in [5.41, 5.74) is 0. The Hall–Kier alpha value is -1.10. The molecule has 0 aromatic carbocycles. The Labute approximate surface area is 126 Å². The molecule has 1 aromatic rings. The molecule has 1 saturated carbocycles. The molecule has 0 bridgehead atoms. The molecule has 3 unspecified atom stereocenters. The van der Waals surface area contributed by atoms with Gasteiger partial charge < -0.3 is 13.9 Å². The highest BCUT2D eigenvalue weighted by molar-refractivity contribution is 5.06. The first-order valence-electron chi connectivity index (χ1n) is 7.87. The van der Waals surface area contributed by atoms with Crippen LogP contribution in [-0.2, 0) is 16.0 Å². The molecule has 0 N–H and O–H groups in total. The first kappa shape index (κ1) is 14.8. The van der Waals surface area contributed by atoms with Crippen LogP contribution in [0.3, 0.4) is 0 Å². The van der Waals surface area contributed by atoms with E-state index in [0.29, 0.717) is 24.7 Å². The molecule has 4 heteroatoms. The molecule has 2 heterocycles. The van der Waals surface area contributed by atoms with Gasteiger partial charge in [-0.2, -0.15) is 0 Å². The molecule has 1 aromatic heterocycles. The van der Waals surface area contributed by atoms with E-state index in [1.54, 1.807) is 6.08 Å². The number of furan rings is 1. The van der Waals surface area contributed by atoms with Crippen LogP contribution in [0, 0.1) is 12.8 Å². The van der Waals surface area contributed by atoms with Crippen LogP contribution >= 0.6 is 0 Å². The zero-order valence-corrected chi connectivity index (χ0v) is 12.8. The van der Waals surface area contributed by atoms with E-state index in [1.807, 2.05) is 13.0 Å². The zero-order chi connectivity index (χ0) is 14.7. The fourth-order valence-electron chi connectivity index (χ4n) is 3.58. The van der Waals surface area contributed by atoms with Gasteiger partial charge in [-0.25, -0.2) is 0 Å². The highest BCUT2D eigenvalue weighted by atomic mass is 16.5. The second-order valence-corrected chi connectivity index (χ2v) is 6.05. The van der Waals surface area contributed by atoms with Crippen molar-refractivity contribution in [2.75, 3.05) is 26.4 Å². The maximum atomic E-state index is 6.04. The van der Waals surface area contributed by atoms with E-state index in [-0.39, 0.29) is 0 Å². The van der Waals surface area contributed by atoms with E-state index < -0.39 is 0 Å². The summed E-state index contributed by atoms with van der Waals surface area (Å²) in [5.74, 6) is 2.55. The minimum atomic E-state index is 0.305. The van der Waals surface area contributed by atoms with Gasteiger partial charge in [0.25, 0.3) is 0 Å². The average molecular weight is 291 g/mol. The number of fused-ring (bicyclic) bond motifs is 1. The largest absolute Gasteiger partial charge is 0.465 e. The molecule has 1 aliphatic heterocycles. The highest BCUT2D eigenvalue weighted by Crippen LogP contribution is 2.35. The molecule has 0 radical (unpaired) electrons. The quantitative estimate of drug-likeness (QED) is 0.596. The van der Waals surface area contributed by atoms with Crippen molar-refractivity contribution >= 4 is 0 Å². The fourth-order valence-corrected chi connectivity index (χ4v) is 3.58. The number of morpholine rings is 1. The van der Waals surface area contributed by atoms with Gasteiger partial charge in [0, 0.05) is 18.5 Å². The lowest BCUT2D eigenvalue weighted by molar-refractivity contribution is -0.0882. The van der Waals surface area contributed by atoms with Crippen molar-refractivity contribution in [3.63, 3.8) is 0 Å². The molecule has 116 valence electrons. The van der Waals surface area contributed by atoms with Crippen molar-refractivity contribution in [2.45, 2.75) is 38.5 Å². The van der Waals surface area contributed by atoms with Crippen molar-refractivity contribution in [1.82, 2.24) is 4.90 Å². The molecule has 21 heavy (non-hydrogen) atoms. The van der Waals surface area contributed by atoms with Crippen LogP contribution in [0.15, 0.2) is 29.2 Å². The molecule has 0 amide bonds. The molecule has 2 aliphatic rings. The molecule has 3 atom stereocenters. The first-order valence-corrected chi connectivity index (χ1v) is 7.87. The molecule has 2 fully saturated rings. The smallest absolute Gasteiger partial charge is 0.118 e. The third kappa shape index (κ3) is 3.39. The lowest BCUT2D eigenvalue weighted by Gasteiger charge is -2.38. The molecule has 1 saturated heterocycles. The van der Waals surface area contributed by atoms with Crippen LogP contribution in [0.1, 0.15) is 24.4 Å². The van der Waals surface area contributed by atoms with Crippen molar-refractivity contribution in [1.29, 1.82) is 0 Å². The number of hydrogen-bond acceptors (Lipinski definition) is 4. The molecular weight excluding hydrogens is 266 g/mol. The van der Waals surface area contributed by atoms with E-state index in [1.165, 1.54) is 12.8 Å². The van der Waals surface area contributed by atoms with Crippen molar-refractivity contribution in [2.24, 2.45) is 5.92 Å². The predicted octanol–water partition coefficient (Wildman–Crippen LogP) is 2.77. The van der Waals surface area contributed by atoms with Gasteiger partial charge in [0.1, 0.15) is 11.5 Å². The highest BCUT2D eigenvalue weighted by Gasteiger charge is 2.42. The normalized spacial score (nSPS) is 29.5. The maximum absolute atomic E-state index is 6.04. The van der Waals surface area contributed by atoms with Crippen LogP contribution in [0.5, 0.6) is 0 Å². The van der Waals surface area contributed by atoms with Gasteiger partial charge in [0.15, 0.2) is 0 Å². The van der Waals surface area contributed by atoms with Crippen LogP contribution in [0.25, 0.3) is 0 Å². The van der Waals surface area contributed by atoms with Crippen molar-refractivity contribution < 1.29 is 13.9 Å². The van der Waals surface area contributed by atoms with Gasteiger partial charge >= 0.3 is 0 Å². The third-order valence-corrected chi connectivity index (χ3v) is 4.56. The Morgan fingerprint density at radius 1 is 1.43 bits per heavy atom.